The SMILES string of the molecule is CCn1c(=O)/c(=C\Nc2cccc(CCCN3CCCC3)c2)s/c1=C(/C#N)C(=O)NCC(F)(F)F. The van der Waals surface area contributed by atoms with Gasteiger partial charge in [0.25, 0.3) is 11.5 Å². The number of benzene rings is 1. The summed E-state index contributed by atoms with van der Waals surface area (Å²) in [6.45, 7) is 3.67. The molecule has 0 spiro atoms. The second-order valence-corrected chi connectivity index (χ2v) is 9.28. The summed E-state index contributed by atoms with van der Waals surface area (Å²) >= 11 is 0.882. The fourth-order valence-electron chi connectivity index (χ4n) is 3.94. The van der Waals surface area contributed by atoms with Crippen molar-refractivity contribution in [1.29, 1.82) is 5.26 Å². The van der Waals surface area contributed by atoms with Gasteiger partial charge in [-0.05, 0) is 69.9 Å². The maximum Gasteiger partial charge on any atom is 0.405 e. The van der Waals surface area contributed by atoms with Crippen LogP contribution in [0.15, 0.2) is 29.1 Å². The molecule has 1 aliphatic rings. The predicted molar refractivity (Wildman–Crippen MR) is 130 cm³/mol. The van der Waals surface area contributed by atoms with E-state index in [9.17, 15) is 28.0 Å². The topological polar surface area (TPSA) is 90.2 Å². The Labute approximate surface area is 205 Å². The van der Waals surface area contributed by atoms with Crippen LogP contribution < -0.4 is 25.4 Å². The molecule has 0 unspecified atom stereocenters. The van der Waals surface area contributed by atoms with Gasteiger partial charge in [0.05, 0.1) is 0 Å². The van der Waals surface area contributed by atoms with Crippen LogP contribution in [0.25, 0.3) is 11.8 Å². The molecule has 1 saturated heterocycles. The number of alkyl halides is 3. The number of nitrogens with one attached hydrogen (secondary N) is 2. The number of carbonyl (C=O) groups excluding carboxylic acids is 1. The Morgan fingerprint density at radius 2 is 2.03 bits per heavy atom. The lowest BCUT2D eigenvalue weighted by Crippen LogP contribution is -2.37. The number of hydrogen-bond donors (Lipinski definition) is 2. The highest BCUT2D eigenvalue weighted by Crippen LogP contribution is 2.14. The summed E-state index contributed by atoms with van der Waals surface area (Å²) in [6, 6.07) is 9.49. The zero-order valence-electron chi connectivity index (χ0n) is 19.5. The molecule has 0 aliphatic carbocycles. The number of anilines is 1. The number of hydrogen-bond acceptors (Lipinski definition) is 6. The molecule has 11 heteroatoms. The summed E-state index contributed by atoms with van der Waals surface area (Å²) in [5.74, 6) is -1.17. The minimum absolute atomic E-state index is 0.0170. The van der Waals surface area contributed by atoms with E-state index in [1.807, 2.05) is 18.2 Å². The van der Waals surface area contributed by atoms with Crippen molar-refractivity contribution in [1.82, 2.24) is 14.8 Å². The average Bonchev–Trinajstić information content (AvgIpc) is 3.44. The number of halogens is 3. The Morgan fingerprint density at radius 3 is 2.69 bits per heavy atom. The molecule has 2 N–H and O–H groups in total. The Kier molecular flexibility index (Phi) is 9.12. The number of amides is 1. The van der Waals surface area contributed by atoms with Crippen LogP contribution in [0, 0.1) is 11.3 Å². The van der Waals surface area contributed by atoms with Crippen molar-refractivity contribution in [2.45, 2.75) is 45.3 Å². The molecule has 0 atom stereocenters. The summed E-state index contributed by atoms with van der Waals surface area (Å²) in [5.41, 5.74) is 0.992. The molecular weight excluding hydrogens is 479 g/mol. The molecule has 2 heterocycles. The van der Waals surface area contributed by atoms with Gasteiger partial charge in [-0.25, -0.2) is 0 Å². The third-order valence-corrected chi connectivity index (χ3v) is 6.79. The van der Waals surface area contributed by atoms with Gasteiger partial charge < -0.3 is 15.5 Å². The molecule has 0 bridgehead atoms. The zero-order chi connectivity index (χ0) is 25.4. The number of likely N-dealkylation sites (tertiary alicyclic amines) is 1. The van der Waals surface area contributed by atoms with Gasteiger partial charge in [0.15, 0.2) is 5.57 Å². The molecule has 1 aromatic heterocycles. The minimum Gasteiger partial charge on any atom is -0.360 e. The quantitative estimate of drug-likeness (QED) is 0.543. The number of nitrogens with zero attached hydrogens (tertiary/aromatic N) is 3. The highest BCUT2D eigenvalue weighted by atomic mass is 32.1. The summed E-state index contributed by atoms with van der Waals surface area (Å²) in [4.78, 5) is 27.5. The molecule has 35 heavy (non-hydrogen) atoms. The van der Waals surface area contributed by atoms with E-state index < -0.39 is 29.8 Å². The van der Waals surface area contributed by atoms with Crippen LogP contribution in [0.3, 0.4) is 0 Å². The van der Waals surface area contributed by atoms with Crippen molar-refractivity contribution in [3.8, 4) is 6.07 Å². The first kappa shape index (κ1) is 26.5. The van der Waals surface area contributed by atoms with Crippen LogP contribution >= 0.6 is 11.3 Å². The molecule has 1 fully saturated rings. The maximum atomic E-state index is 12.8. The smallest absolute Gasteiger partial charge is 0.360 e. The molecule has 0 saturated carbocycles. The van der Waals surface area contributed by atoms with E-state index in [0.717, 1.165) is 36.4 Å². The fraction of sp³-hybridized carbons (Fsp3) is 0.458. The molecule has 3 rings (SSSR count). The molecule has 188 valence electrons. The first-order valence-corrected chi connectivity index (χ1v) is 12.3. The second-order valence-electron chi connectivity index (χ2n) is 8.25. The van der Waals surface area contributed by atoms with Crippen molar-refractivity contribution >= 4 is 34.7 Å². The Balaban J connectivity index is 1.79. The van der Waals surface area contributed by atoms with Crippen LogP contribution in [-0.4, -0.2) is 47.7 Å². The predicted octanol–water partition coefficient (Wildman–Crippen LogP) is 2.16. The molecule has 2 aromatic rings. The van der Waals surface area contributed by atoms with Gasteiger partial charge in [-0.2, -0.15) is 18.4 Å². The van der Waals surface area contributed by atoms with Crippen LogP contribution in [-0.2, 0) is 17.8 Å². The van der Waals surface area contributed by atoms with Crippen LogP contribution in [0.1, 0.15) is 31.7 Å². The highest BCUT2D eigenvalue weighted by Gasteiger charge is 2.28. The Bertz CT molecular complexity index is 1250. The molecule has 0 radical (unpaired) electrons. The van der Waals surface area contributed by atoms with E-state index in [1.165, 1.54) is 42.3 Å². The highest BCUT2D eigenvalue weighted by molar-refractivity contribution is 7.07. The van der Waals surface area contributed by atoms with Gasteiger partial charge >= 0.3 is 6.18 Å². The number of aryl methyl sites for hydroxylation is 1. The van der Waals surface area contributed by atoms with Crippen molar-refractivity contribution in [2.75, 3.05) is 31.5 Å². The van der Waals surface area contributed by atoms with Crippen LogP contribution in [0.5, 0.6) is 0 Å². The number of nitriles is 1. The van der Waals surface area contributed by atoms with Crippen molar-refractivity contribution in [3.05, 3.63) is 49.4 Å². The maximum absolute atomic E-state index is 12.8. The minimum atomic E-state index is -4.61. The molecule has 1 aromatic carbocycles. The van der Waals surface area contributed by atoms with Crippen molar-refractivity contribution < 1.29 is 18.0 Å². The first-order chi connectivity index (χ1) is 16.7. The lowest BCUT2D eigenvalue weighted by Gasteiger charge is -2.14. The molecular formula is C24H28F3N5O2S. The fourth-order valence-corrected chi connectivity index (χ4v) is 5.02. The van der Waals surface area contributed by atoms with E-state index in [4.69, 9.17) is 0 Å². The molecule has 7 nitrogen and oxygen atoms in total. The Hall–Kier alpha value is -3.10. The first-order valence-electron chi connectivity index (χ1n) is 11.5. The molecule has 1 amide bonds. The monoisotopic (exact) mass is 507 g/mol. The Morgan fingerprint density at radius 1 is 1.29 bits per heavy atom. The van der Waals surface area contributed by atoms with E-state index in [0.29, 0.717) is 0 Å². The third-order valence-electron chi connectivity index (χ3n) is 5.66. The van der Waals surface area contributed by atoms with E-state index in [1.54, 1.807) is 18.3 Å². The van der Waals surface area contributed by atoms with Gasteiger partial charge in [-0.3, -0.25) is 14.2 Å². The third kappa shape index (κ3) is 7.44. The van der Waals surface area contributed by atoms with Crippen LogP contribution in [0.2, 0.25) is 0 Å². The molecule has 1 aliphatic heterocycles. The standard InChI is InChI=1S/C24H28F3N5O2S/c1-2-32-22(34)20(35-23(32)19(14-28)21(33)30-16-24(25,26)27)15-29-18-9-5-7-17(13-18)8-6-12-31-10-3-4-11-31/h5,7,9,13,15,29H,2-4,6,8,10-12,16H2,1H3,(H,30,33)/b20-15+,23-19-. The van der Waals surface area contributed by atoms with Gasteiger partial charge in [0.2, 0.25) is 0 Å². The van der Waals surface area contributed by atoms with E-state index in [2.05, 4.69) is 16.3 Å². The lowest BCUT2D eigenvalue weighted by atomic mass is 10.1. The number of carbonyl (C=O) groups is 1. The largest absolute Gasteiger partial charge is 0.405 e. The lowest BCUT2D eigenvalue weighted by molar-refractivity contribution is -0.135. The summed E-state index contributed by atoms with van der Waals surface area (Å²) in [5, 5.41) is 14.2. The van der Waals surface area contributed by atoms with E-state index >= 15 is 0 Å². The van der Waals surface area contributed by atoms with Crippen molar-refractivity contribution in [2.24, 2.45) is 0 Å². The van der Waals surface area contributed by atoms with Gasteiger partial charge in [0, 0.05) is 18.4 Å². The van der Waals surface area contributed by atoms with Gasteiger partial charge in [0.1, 0.15) is 21.8 Å². The normalized spacial score (nSPS) is 15.7. The summed E-state index contributed by atoms with van der Waals surface area (Å²) < 4.78 is 38.8. The number of thiazole rings is 1. The number of rotatable bonds is 9. The van der Waals surface area contributed by atoms with Gasteiger partial charge in [-0.15, -0.1) is 11.3 Å². The summed E-state index contributed by atoms with van der Waals surface area (Å²) in [7, 11) is 0. The summed E-state index contributed by atoms with van der Waals surface area (Å²) in [6.07, 6.45) is 1.42. The van der Waals surface area contributed by atoms with Gasteiger partial charge in [-0.1, -0.05) is 12.1 Å². The van der Waals surface area contributed by atoms with Crippen molar-refractivity contribution in [3.63, 3.8) is 0 Å². The van der Waals surface area contributed by atoms with Crippen LogP contribution in [0.4, 0.5) is 18.9 Å². The average molecular weight is 508 g/mol. The number of aromatic nitrogens is 1. The van der Waals surface area contributed by atoms with E-state index in [-0.39, 0.29) is 15.7 Å². The zero-order valence-corrected chi connectivity index (χ0v) is 20.3. The second kappa shape index (κ2) is 12.0.